The van der Waals surface area contributed by atoms with Crippen molar-refractivity contribution in [3.05, 3.63) is 214 Å². The third-order valence-electron chi connectivity index (χ3n) is 10.4. The van der Waals surface area contributed by atoms with Gasteiger partial charge in [-0.05, 0) is 83.6 Å². The number of methoxy groups -OCH3 is 1. The zero-order chi connectivity index (χ0) is 47.0. The summed E-state index contributed by atoms with van der Waals surface area (Å²) in [5.41, 5.74) is 4.92. The Balaban J connectivity index is 1.22. The van der Waals surface area contributed by atoms with Crippen LogP contribution in [0.25, 0.3) is 0 Å². The van der Waals surface area contributed by atoms with E-state index in [1.165, 1.54) is 37.4 Å². The average Bonchev–Trinajstić information content (AvgIpc) is 3.36. The average molecular weight is 899 g/mol. The van der Waals surface area contributed by atoms with Crippen LogP contribution in [0.15, 0.2) is 164 Å². The molecule has 7 aromatic carbocycles. The molecule has 0 spiro atoms. The highest BCUT2D eigenvalue weighted by Gasteiger charge is 2.25. The van der Waals surface area contributed by atoms with E-state index in [-0.39, 0.29) is 78.2 Å². The first-order chi connectivity index (χ1) is 32.7. The normalized spacial score (nSPS) is 10.6. The molecule has 2 amide bonds. The van der Waals surface area contributed by atoms with Gasteiger partial charge in [0, 0.05) is 11.4 Å². The molecule has 12 heteroatoms. The number of ether oxygens (including phenoxy) is 6. The number of carbonyl (C=O) groups is 4. The molecule has 0 aliphatic rings. The minimum atomic E-state index is -0.718. The summed E-state index contributed by atoms with van der Waals surface area (Å²) in [6.45, 7) is 4.40. The monoisotopic (exact) mass is 898 g/mol. The van der Waals surface area contributed by atoms with Crippen molar-refractivity contribution in [3.63, 3.8) is 0 Å². The number of esters is 2. The molecule has 67 heavy (non-hydrogen) atoms. The minimum Gasteiger partial charge on any atom is -0.489 e. The molecule has 340 valence electrons. The topological polar surface area (TPSA) is 148 Å². The van der Waals surface area contributed by atoms with Crippen LogP contribution in [0.5, 0.6) is 23.0 Å². The molecule has 12 nitrogen and oxygen atoms in total. The zero-order valence-electron chi connectivity index (χ0n) is 37.4. The highest BCUT2D eigenvalue weighted by molar-refractivity contribution is 6.10. The molecule has 0 heterocycles. The fraction of sp³-hybridized carbons (Fsp3) is 0.164. The predicted octanol–water partition coefficient (Wildman–Crippen LogP) is 11.0. The summed E-state index contributed by atoms with van der Waals surface area (Å²) in [4.78, 5) is 55.4. The first-order valence-corrected chi connectivity index (χ1v) is 21.8. The van der Waals surface area contributed by atoms with E-state index in [9.17, 15) is 19.2 Å². The van der Waals surface area contributed by atoms with Gasteiger partial charge in [0.15, 0.2) is 0 Å². The first kappa shape index (κ1) is 46.6. The SMILES string of the molecule is CCOC(=O)c1cc(OCc2ccccc2)c(C(=O)Nc2cc(NC(=O)c3cc(OCc4ccccc4)c(CC)cc3OCc3ccccc3)cc(C(=O)OC)c2)cc1OCc1ccccc1. The van der Waals surface area contributed by atoms with Crippen LogP contribution in [-0.4, -0.2) is 37.5 Å². The summed E-state index contributed by atoms with van der Waals surface area (Å²) in [5, 5.41) is 5.76. The molecule has 0 saturated heterocycles. The van der Waals surface area contributed by atoms with Gasteiger partial charge in [-0.15, -0.1) is 0 Å². The molecule has 2 N–H and O–H groups in total. The van der Waals surface area contributed by atoms with Crippen molar-refractivity contribution in [1.82, 2.24) is 0 Å². The van der Waals surface area contributed by atoms with Gasteiger partial charge >= 0.3 is 11.9 Å². The van der Waals surface area contributed by atoms with Crippen LogP contribution in [0.3, 0.4) is 0 Å². The quantitative estimate of drug-likeness (QED) is 0.0708. The van der Waals surface area contributed by atoms with Gasteiger partial charge < -0.3 is 39.1 Å². The van der Waals surface area contributed by atoms with Crippen LogP contribution in [0.1, 0.15) is 83.1 Å². The van der Waals surface area contributed by atoms with Crippen molar-refractivity contribution in [2.24, 2.45) is 0 Å². The van der Waals surface area contributed by atoms with Crippen LogP contribution in [-0.2, 0) is 42.3 Å². The number of nitrogens with one attached hydrogen (secondary N) is 2. The van der Waals surface area contributed by atoms with Gasteiger partial charge in [0.05, 0.1) is 30.4 Å². The summed E-state index contributed by atoms with van der Waals surface area (Å²) in [6.07, 6.45) is 0.600. The number of amides is 2. The van der Waals surface area contributed by atoms with E-state index in [1.807, 2.05) is 128 Å². The van der Waals surface area contributed by atoms with E-state index < -0.39 is 23.8 Å². The third-order valence-corrected chi connectivity index (χ3v) is 10.4. The van der Waals surface area contributed by atoms with E-state index in [4.69, 9.17) is 28.4 Å². The van der Waals surface area contributed by atoms with E-state index in [2.05, 4.69) is 10.6 Å². The van der Waals surface area contributed by atoms with Crippen molar-refractivity contribution in [3.8, 4) is 23.0 Å². The molecule has 0 saturated carbocycles. The lowest BCUT2D eigenvalue weighted by Gasteiger charge is -2.18. The Bertz CT molecular complexity index is 2800. The highest BCUT2D eigenvalue weighted by Crippen LogP contribution is 2.34. The van der Waals surface area contributed by atoms with E-state index in [0.29, 0.717) is 17.9 Å². The van der Waals surface area contributed by atoms with Crippen molar-refractivity contribution >= 4 is 35.1 Å². The third kappa shape index (κ3) is 12.7. The zero-order valence-corrected chi connectivity index (χ0v) is 37.4. The van der Waals surface area contributed by atoms with Crippen LogP contribution in [0, 0.1) is 0 Å². The number of hydrogen-bond donors (Lipinski definition) is 2. The molecular formula is C55H50N2O10. The second-order valence-electron chi connectivity index (χ2n) is 15.2. The molecular weight excluding hydrogens is 849 g/mol. The number of anilines is 2. The van der Waals surface area contributed by atoms with Gasteiger partial charge in [-0.2, -0.15) is 0 Å². The predicted molar refractivity (Wildman–Crippen MR) is 255 cm³/mol. The Kier molecular flexibility index (Phi) is 16.0. The van der Waals surface area contributed by atoms with E-state index in [0.717, 1.165) is 27.8 Å². The van der Waals surface area contributed by atoms with Crippen molar-refractivity contribution < 1.29 is 47.6 Å². The Morgan fingerprint density at radius 2 is 0.806 bits per heavy atom. The van der Waals surface area contributed by atoms with Gasteiger partial charge in [-0.25, -0.2) is 9.59 Å². The summed E-state index contributed by atoms with van der Waals surface area (Å²) in [6, 6.07) is 48.6. The summed E-state index contributed by atoms with van der Waals surface area (Å²) in [7, 11) is 1.23. The van der Waals surface area contributed by atoms with Crippen molar-refractivity contribution in [2.45, 2.75) is 46.7 Å². The van der Waals surface area contributed by atoms with Gasteiger partial charge in [0.1, 0.15) is 55.0 Å². The molecule has 0 aliphatic carbocycles. The van der Waals surface area contributed by atoms with E-state index in [1.54, 1.807) is 19.1 Å². The number of rotatable bonds is 20. The number of carbonyl (C=O) groups excluding carboxylic acids is 4. The maximum absolute atomic E-state index is 14.5. The number of benzene rings is 7. The molecule has 0 fully saturated rings. The molecule has 0 unspecified atom stereocenters. The Labute approximate surface area is 389 Å². The standard InChI is InChI=1S/C55H50N2O10/c1-4-41-28-49(65-34-38-20-12-7-13-21-38)45(30-48(41)64-33-37-18-10-6-11-19-37)52(58)56-43-26-42(54(60)62-3)27-44(29-43)57-53(59)46-31-51(67-36-40-24-16-9-17-25-40)47(55(61)63-5-2)32-50(46)66-35-39-22-14-8-15-23-39/h6-32H,4-5,33-36H2,1-3H3,(H,56,58)(H,57,59). The molecule has 0 aromatic heterocycles. The lowest BCUT2D eigenvalue weighted by molar-refractivity contribution is 0.0519. The second-order valence-corrected chi connectivity index (χ2v) is 15.2. The maximum Gasteiger partial charge on any atom is 0.342 e. The van der Waals surface area contributed by atoms with E-state index >= 15 is 0 Å². The first-order valence-electron chi connectivity index (χ1n) is 21.8. The molecule has 7 aromatic rings. The highest BCUT2D eigenvalue weighted by atomic mass is 16.5. The van der Waals surface area contributed by atoms with Gasteiger partial charge in [-0.3, -0.25) is 9.59 Å². The van der Waals surface area contributed by atoms with Gasteiger partial charge in [0.25, 0.3) is 11.8 Å². The molecule has 0 bridgehead atoms. The van der Waals surface area contributed by atoms with Crippen LogP contribution < -0.4 is 29.6 Å². The summed E-state index contributed by atoms with van der Waals surface area (Å²) < 4.78 is 35.4. The summed E-state index contributed by atoms with van der Waals surface area (Å²) in [5.74, 6) is -1.64. The largest absolute Gasteiger partial charge is 0.489 e. The van der Waals surface area contributed by atoms with Crippen molar-refractivity contribution in [2.75, 3.05) is 24.4 Å². The van der Waals surface area contributed by atoms with Gasteiger partial charge in [-0.1, -0.05) is 128 Å². The fourth-order valence-corrected chi connectivity index (χ4v) is 7.00. The van der Waals surface area contributed by atoms with Crippen LogP contribution >= 0.6 is 0 Å². The number of hydrogen-bond acceptors (Lipinski definition) is 10. The Hall–Kier alpha value is -8.38. The van der Waals surface area contributed by atoms with Crippen LogP contribution in [0.4, 0.5) is 11.4 Å². The number of aryl methyl sites for hydroxylation is 1. The molecule has 0 aliphatic heterocycles. The van der Waals surface area contributed by atoms with Crippen LogP contribution in [0.2, 0.25) is 0 Å². The Morgan fingerprint density at radius 3 is 1.21 bits per heavy atom. The second kappa shape index (κ2) is 23.0. The molecule has 7 rings (SSSR count). The molecule has 0 atom stereocenters. The molecule has 0 radical (unpaired) electrons. The minimum absolute atomic E-state index is 0.0142. The lowest BCUT2D eigenvalue weighted by atomic mass is 10.1. The van der Waals surface area contributed by atoms with Crippen molar-refractivity contribution in [1.29, 1.82) is 0 Å². The lowest BCUT2D eigenvalue weighted by Crippen LogP contribution is -2.18. The Morgan fingerprint density at radius 1 is 0.433 bits per heavy atom. The van der Waals surface area contributed by atoms with Gasteiger partial charge in [0.2, 0.25) is 0 Å². The smallest absolute Gasteiger partial charge is 0.342 e. The summed E-state index contributed by atoms with van der Waals surface area (Å²) >= 11 is 0. The fourth-order valence-electron chi connectivity index (χ4n) is 7.00. The maximum atomic E-state index is 14.5.